The molecule has 0 unspecified atom stereocenters. The number of benzene rings is 3. The molecule has 0 amide bonds. The van der Waals surface area contributed by atoms with E-state index in [-0.39, 0.29) is 5.66 Å². The van der Waals surface area contributed by atoms with Gasteiger partial charge in [-0.05, 0) is 18.1 Å². The predicted molar refractivity (Wildman–Crippen MR) is 109 cm³/mol. The van der Waals surface area contributed by atoms with Crippen LogP contribution in [0.15, 0.2) is 91.5 Å². The van der Waals surface area contributed by atoms with Gasteiger partial charge in [-0.2, -0.15) is 0 Å². The third kappa shape index (κ3) is 3.38. The van der Waals surface area contributed by atoms with Crippen LogP contribution < -0.4 is 10.6 Å². The minimum Gasteiger partial charge on any atom is -0.313 e. The molecule has 0 heterocycles. The van der Waals surface area contributed by atoms with Crippen LogP contribution in [0.25, 0.3) is 5.57 Å². The lowest BCUT2D eigenvalue weighted by molar-refractivity contribution is 0.584. The van der Waals surface area contributed by atoms with Gasteiger partial charge in [0.25, 0.3) is 0 Å². The summed E-state index contributed by atoms with van der Waals surface area (Å²) in [4.78, 5) is 0. The van der Waals surface area contributed by atoms with Gasteiger partial charge in [-0.15, -0.1) is 0 Å². The zero-order chi connectivity index (χ0) is 17.9. The van der Waals surface area contributed by atoms with Crippen molar-refractivity contribution in [2.45, 2.75) is 19.5 Å². The zero-order valence-electron chi connectivity index (χ0n) is 14.7. The van der Waals surface area contributed by atoms with Crippen LogP contribution in [0.2, 0.25) is 0 Å². The summed E-state index contributed by atoms with van der Waals surface area (Å²) in [6.07, 6.45) is 0. The van der Waals surface area contributed by atoms with Crippen molar-refractivity contribution < 1.29 is 4.57 Å². The smallest absolute Gasteiger partial charge is 0.150 e. The van der Waals surface area contributed by atoms with Crippen molar-refractivity contribution in [1.29, 1.82) is 0 Å². The van der Waals surface area contributed by atoms with Gasteiger partial charge in [0, 0.05) is 16.3 Å². The summed E-state index contributed by atoms with van der Waals surface area (Å²) in [5, 5.41) is 1.75. The standard InChI is InChI=1S/C23H23OP/c1-18-14-16-21(17-15-18)19(2)20(3)25(24,22-10-6-4-7-11-22)23-12-8-5-9-13-23/h4-17,20H,2H2,1,3H3/t20-/m0/s1. The van der Waals surface area contributed by atoms with Gasteiger partial charge in [0.15, 0.2) is 0 Å². The number of allylic oxidation sites excluding steroid dienone is 1. The van der Waals surface area contributed by atoms with Gasteiger partial charge in [-0.3, -0.25) is 0 Å². The fraction of sp³-hybridized carbons (Fsp3) is 0.130. The maximum absolute atomic E-state index is 14.3. The molecule has 0 aromatic heterocycles. The Hall–Kier alpha value is -2.37. The molecule has 1 atom stereocenters. The molecule has 0 fully saturated rings. The van der Waals surface area contributed by atoms with E-state index in [9.17, 15) is 4.57 Å². The molecule has 0 aliphatic heterocycles. The average molecular weight is 346 g/mol. The van der Waals surface area contributed by atoms with Crippen LogP contribution in [0.1, 0.15) is 18.1 Å². The number of aryl methyl sites for hydroxylation is 1. The average Bonchev–Trinajstić information content (AvgIpc) is 2.68. The van der Waals surface area contributed by atoms with Gasteiger partial charge < -0.3 is 4.57 Å². The van der Waals surface area contributed by atoms with Crippen molar-refractivity contribution in [1.82, 2.24) is 0 Å². The molecule has 0 N–H and O–H groups in total. The summed E-state index contributed by atoms with van der Waals surface area (Å²) in [5.41, 5.74) is 2.99. The summed E-state index contributed by atoms with van der Waals surface area (Å²) in [7, 11) is -2.85. The lowest BCUT2D eigenvalue weighted by Crippen LogP contribution is -2.24. The normalized spacial score (nSPS) is 12.6. The SMILES string of the molecule is C=C(c1ccc(C)cc1)[C@H](C)P(=O)(c1ccccc1)c1ccccc1. The first-order valence-corrected chi connectivity index (χ1v) is 10.3. The summed E-state index contributed by atoms with van der Waals surface area (Å²) >= 11 is 0. The Morgan fingerprint density at radius 1 is 0.800 bits per heavy atom. The van der Waals surface area contributed by atoms with Gasteiger partial charge in [0.2, 0.25) is 0 Å². The highest BCUT2D eigenvalue weighted by molar-refractivity contribution is 7.79. The highest BCUT2D eigenvalue weighted by Crippen LogP contribution is 2.52. The second-order valence-corrected chi connectivity index (χ2v) is 9.52. The summed E-state index contributed by atoms with van der Waals surface area (Å²) < 4.78 is 14.3. The largest absolute Gasteiger partial charge is 0.313 e. The lowest BCUT2D eigenvalue weighted by atomic mass is 10.0. The first kappa shape index (κ1) is 17.5. The van der Waals surface area contributed by atoms with Gasteiger partial charge in [-0.1, -0.05) is 104 Å². The summed E-state index contributed by atoms with van der Waals surface area (Å²) in [5.74, 6) is 0. The van der Waals surface area contributed by atoms with Crippen LogP contribution in [-0.4, -0.2) is 5.66 Å². The molecule has 0 saturated carbocycles. The second kappa shape index (κ2) is 7.25. The summed E-state index contributed by atoms with van der Waals surface area (Å²) in [6, 6.07) is 27.8. The molecule has 3 aromatic rings. The molecular formula is C23H23OP. The van der Waals surface area contributed by atoms with E-state index in [2.05, 4.69) is 37.8 Å². The first-order chi connectivity index (χ1) is 12.0. The molecular weight excluding hydrogens is 323 g/mol. The van der Waals surface area contributed by atoms with E-state index in [0.29, 0.717) is 0 Å². The van der Waals surface area contributed by atoms with Crippen molar-refractivity contribution in [2.75, 3.05) is 0 Å². The van der Waals surface area contributed by atoms with Crippen LogP contribution in [0.3, 0.4) is 0 Å². The highest BCUT2D eigenvalue weighted by atomic mass is 31.2. The Morgan fingerprint density at radius 2 is 1.24 bits per heavy atom. The Kier molecular flexibility index (Phi) is 5.06. The molecule has 0 bridgehead atoms. The minimum absolute atomic E-state index is 0.181. The zero-order valence-corrected chi connectivity index (χ0v) is 15.6. The Balaban J connectivity index is 2.10. The fourth-order valence-electron chi connectivity index (χ4n) is 3.12. The Labute approximate surface area is 150 Å². The maximum Gasteiger partial charge on any atom is 0.150 e. The minimum atomic E-state index is -2.85. The summed E-state index contributed by atoms with van der Waals surface area (Å²) in [6.45, 7) is 8.39. The molecule has 3 rings (SSSR count). The van der Waals surface area contributed by atoms with E-state index in [4.69, 9.17) is 0 Å². The molecule has 0 aliphatic carbocycles. The van der Waals surface area contributed by atoms with Crippen LogP contribution >= 0.6 is 7.14 Å². The molecule has 126 valence electrons. The molecule has 0 saturated heterocycles. The van der Waals surface area contributed by atoms with Crippen LogP contribution in [0, 0.1) is 6.92 Å². The first-order valence-electron chi connectivity index (χ1n) is 8.50. The van der Waals surface area contributed by atoms with Crippen molar-refractivity contribution in [2.24, 2.45) is 0 Å². The molecule has 0 spiro atoms. The van der Waals surface area contributed by atoms with Gasteiger partial charge in [-0.25, -0.2) is 0 Å². The van der Waals surface area contributed by atoms with Crippen molar-refractivity contribution >= 4 is 23.3 Å². The third-order valence-corrected chi connectivity index (χ3v) is 8.28. The van der Waals surface area contributed by atoms with E-state index in [0.717, 1.165) is 21.7 Å². The molecule has 0 aliphatic rings. The van der Waals surface area contributed by atoms with Gasteiger partial charge in [0.05, 0.1) is 0 Å². The van der Waals surface area contributed by atoms with Crippen molar-refractivity contribution in [3.05, 3.63) is 103 Å². The molecule has 3 aromatic carbocycles. The van der Waals surface area contributed by atoms with Crippen LogP contribution in [0.4, 0.5) is 0 Å². The van der Waals surface area contributed by atoms with E-state index < -0.39 is 7.14 Å². The van der Waals surface area contributed by atoms with Gasteiger partial charge >= 0.3 is 0 Å². The van der Waals surface area contributed by atoms with E-state index in [1.165, 1.54) is 5.56 Å². The van der Waals surface area contributed by atoms with E-state index >= 15 is 0 Å². The molecule has 1 nitrogen and oxygen atoms in total. The third-order valence-electron chi connectivity index (χ3n) is 4.75. The molecule has 2 heteroatoms. The molecule has 0 radical (unpaired) electrons. The van der Waals surface area contributed by atoms with E-state index in [1.54, 1.807) is 0 Å². The predicted octanol–water partition coefficient (Wildman–Crippen LogP) is 5.41. The Morgan fingerprint density at radius 3 is 1.68 bits per heavy atom. The van der Waals surface area contributed by atoms with E-state index in [1.807, 2.05) is 67.6 Å². The van der Waals surface area contributed by atoms with Crippen LogP contribution in [-0.2, 0) is 4.57 Å². The lowest BCUT2D eigenvalue weighted by Gasteiger charge is -2.28. The monoisotopic (exact) mass is 346 g/mol. The number of hydrogen-bond donors (Lipinski definition) is 0. The fourth-order valence-corrected chi connectivity index (χ4v) is 6.13. The van der Waals surface area contributed by atoms with Gasteiger partial charge in [0.1, 0.15) is 7.14 Å². The maximum atomic E-state index is 14.3. The highest BCUT2D eigenvalue weighted by Gasteiger charge is 2.35. The number of hydrogen-bond acceptors (Lipinski definition) is 1. The molecule has 25 heavy (non-hydrogen) atoms. The second-order valence-electron chi connectivity index (χ2n) is 6.40. The number of rotatable bonds is 5. The van der Waals surface area contributed by atoms with Crippen molar-refractivity contribution in [3.8, 4) is 0 Å². The Bertz CT molecular complexity index is 852. The van der Waals surface area contributed by atoms with Crippen LogP contribution in [0.5, 0.6) is 0 Å². The van der Waals surface area contributed by atoms with Crippen molar-refractivity contribution in [3.63, 3.8) is 0 Å². The quantitative estimate of drug-likeness (QED) is 0.565. The topological polar surface area (TPSA) is 17.1 Å².